The molecule has 23 nitrogen and oxygen atoms in total. The Morgan fingerprint density at radius 3 is 1.43 bits per heavy atom. The fraction of sp³-hybridized carbons (Fsp3) is 0.676. The first-order valence-corrected chi connectivity index (χ1v) is 31.8. The zero-order chi connectivity index (χ0) is 46.7. The number of nitrogens with zero attached hydrogens (tertiary/aromatic N) is 8. The van der Waals surface area contributed by atoms with Gasteiger partial charge in [-0.25, -0.2) is 55.7 Å². The van der Waals surface area contributed by atoms with Crippen LogP contribution in [0.4, 0.5) is 11.6 Å². The van der Waals surface area contributed by atoms with Crippen molar-refractivity contribution in [3.63, 3.8) is 0 Å². The Morgan fingerprint density at radius 2 is 1.09 bits per heavy atom. The van der Waals surface area contributed by atoms with Gasteiger partial charge in [0.15, 0.2) is 22.7 Å². The molecule has 0 spiro atoms. The molecule has 2 aliphatic carbocycles. The molecule has 2 fully saturated rings. The summed E-state index contributed by atoms with van der Waals surface area (Å²) < 4.78 is 66.7. The number of carboxylic acid groups (broad SMARTS) is 1. The number of sulfone groups is 2. The van der Waals surface area contributed by atoms with Gasteiger partial charge in [-0.1, -0.05) is 39.3 Å². The van der Waals surface area contributed by atoms with Crippen LogP contribution in [0.5, 0.6) is 0 Å². The van der Waals surface area contributed by atoms with E-state index in [1.165, 1.54) is 29.1 Å². The maximum absolute atomic E-state index is 12.4. The minimum absolute atomic E-state index is 0. The van der Waals surface area contributed by atoms with Crippen molar-refractivity contribution in [1.29, 1.82) is 0 Å². The Balaban J connectivity index is 0.000000335. The van der Waals surface area contributed by atoms with Crippen LogP contribution in [0, 0.1) is 0 Å². The summed E-state index contributed by atoms with van der Waals surface area (Å²) >= 11 is 0. The van der Waals surface area contributed by atoms with Gasteiger partial charge in [0.2, 0.25) is 0 Å². The first-order chi connectivity index (χ1) is 29.3. The maximum atomic E-state index is 12.4. The minimum Gasteiger partial charge on any atom is -0.870 e. The van der Waals surface area contributed by atoms with Gasteiger partial charge in [0.1, 0.15) is 57.4 Å². The monoisotopic (exact) mass is 996 g/mol. The van der Waals surface area contributed by atoms with Crippen molar-refractivity contribution in [2.75, 3.05) is 43.5 Å². The molecule has 4 heterocycles. The number of ether oxygens (including phenoxy) is 3. The van der Waals surface area contributed by atoms with E-state index in [9.17, 15) is 41.7 Å². The van der Waals surface area contributed by atoms with E-state index in [-0.39, 0.29) is 108 Å². The number of carbonyl (C=O) groups excluding carboxylic acids is 1. The van der Waals surface area contributed by atoms with E-state index in [0.29, 0.717) is 24.2 Å². The summed E-state index contributed by atoms with van der Waals surface area (Å²) in [6.07, 6.45) is 3.79. The molecular formula is C37H61N10NaO13S2Si2. The van der Waals surface area contributed by atoms with Crippen molar-refractivity contribution in [3.8, 4) is 0 Å². The van der Waals surface area contributed by atoms with Crippen molar-refractivity contribution >= 4 is 81.5 Å². The number of rotatable bonds is 18. The van der Waals surface area contributed by atoms with E-state index in [1.807, 2.05) is 0 Å². The van der Waals surface area contributed by atoms with Crippen molar-refractivity contribution < 1.29 is 91.0 Å². The molecule has 0 amide bonds. The second kappa shape index (κ2) is 22.7. The van der Waals surface area contributed by atoms with Crippen LogP contribution < -0.4 is 40.2 Å². The van der Waals surface area contributed by atoms with Gasteiger partial charge in [0.05, 0.1) is 52.7 Å². The molecule has 6 rings (SSSR count). The Bertz CT molecular complexity index is 2500. The third-order valence-electron chi connectivity index (χ3n) is 10.9. The van der Waals surface area contributed by atoms with Crippen LogP contribution in [0.3, 0.4) is 0 Å². The normalized spacial score (nSPS) is 21.3. The molecule has 0 saturated heterocycles. The number of carbonyl (C=O) groups is 2. The SMILES string of the molecule is COC(=O)c1nn(COCC[Si](C)(C)C)c2ncnc(NC3C[C@@H](S(C)(=O)=O)C[C@H]3O)c12.C[Si](C)(C)CCOCn1nc(C(=O)O)c2c(NC3C[C@@H](S(C)(=O)=O)C[C@H]3O)ncnc21.[Na+].[OH-]. The van der Waals surface area contributed by atoms with Crippen molar-refractivity contribution in [3.05, 3.63) is 24.0 Å². The number of aromatic carboxylic acids is 1. The van der Waals surface area contributed by atoms with Crippen LogP contribution in [0.25, 0.3) is 22.1 Å². The van der Waals surface area contributed by atoms with Gasteiger partial charge >= 0.3 is 41.5 Å². The Kier molecular flexibility index (Phi) is 19.6. The molecule has 28 heteroatoms. The summed E-state index contributed by atoms with van der Waals surface area (Å²) in [6.45, 7) is 14.7. The molecule has 358 valence electrons. The van der Waals surface area contributed by atoms with E-state index < -0.39 is 82.6 Å². The topological polar surface area (TPSA) is 332 Å². The van der Waals surface area contributed by atoms with E-state index in [2.05, 4.69) is 80.0 Å². The van der Waals surface area contributed by atoms with E-state index in [1.54, 1.807) is 0 Å². The first kappa shape index (κ1) is 56.1. The fourth-order valence-corrected chi connectivity index (χ4v) is 10.9. The molecule has 6 atom stereocenters. The number of hydrogen-bond acceptors (Lipinski definition) is 20. The molecule has 0 radical (unpaired) electrons. The first-order valence-electron chi connectivity index (χ1n) is 20.4. The van der Waals surface area contributed by atoms with Crippen LogP contribution in [0.2, 0.25) is 51.4 Å². The van der Waals surface area contributed by atoms with Crippen LogP contribution in [0.15, 0.2) is 12.7 Å². The smallest absolute Gasteiger partial charge is 0.870 e. The van der Waals surface area contributed by atoms with Crippen molar-refractivity contribution in [2.24, 2.45) is 0 Å². The summed E-state index contributed by atoms with van der Waals surface area (Å²) in [7, 11) is -7.85. The van der Waals surface area contributed by atoms with Crippen molar-refractivity contribution in [1.82, 2.24) is 39.5 Å². The standard InChI is InChI=1S/C19H31N5O6SSi.C18H29N5O6SSi.Na.H2O/c1-29-19(26)16-15-17(22-13-8-12(9-14(13)25)31(2,27)28)20-10-21-18(15)24(23-16)11-30-6-7-32(3,4)5;1-30(27,28)11-7-12(13(24)8-11)21-16-14-15(18(25)26)22-23(17(14)20-9-19-16)10-29-5-6-31(2,3)4;;/h10,12-14,25H,6-9,11H2,1-5H3,(H,20,21,22);9,11-13,24H,5-8,10H2,1-4H3,(H,25,26)(H,19,20,21);;1H2/q;;+1;/p-1/t12-,13?,14-;11-,12?,13-;;/m11../s1. The molecule has 2 aliphatic rings. The third kappa shape index (κ3) is 14.9. The zero-order valence-electron chi connectivity index (χ0n) is 38.5. The minimum atomic E-state index is -3.30. The molecular weight excluding hydrogens is 936 g/mol. The molecule has 2 saturated carbocycles. The molecule has 4 aromatic heterocycles. The predicted octanol–water partition coefficient (Wildman–Crippen LogP) is -0.714. The molecule has 65 heavy (non-hydrogen) atoms. The summed E-state index contributed by atoms with van der Waals surface area (Å²) in [5.74, 6) is -1.43. The Hall–Kier alpha value is -3.23. The number of anilines is 2. The van der Waals surface area contributed by atoms with Gasteiger partial charge in [-0.15, -0.1) is 0 Å². The van der Waals surface area contributed by atoms with Gasteiger partial charge in [-0.2, -0.15) is 10.2 Å². The number of nitrogens with one attached hydrogen (secondary N) is 2. The largest absolute Gasteiger partial charge is 1.00 e. The van der Waals surface area contributed by atoms with Crippen LogP contribution >= 0.6 is 0 Å². The van der Waals surface area contributed by atoms with Gasteiger partial charge in [-0.05, 0) is 37.8 Å². The number of methoxy groups -OCH3 is 1. The van der Waals surface area contributed by atoms with Crippen LogP contribution in [-0.4, -0.2) is 173 Å². The molecule has 0 aromatic carbocycles. The van der Waals surface area contributed by atoms with E-state index in [4.69, 9.17) is 14.2 Å². The van der Waals surface area contributed by atoms with Crippen LogP contribution in [-0.2, 0) is 47.3 Å². The maximum Gasteiger partial charge on any atom is 1.00 e. The van der Waals surface area contributed by atoms with Gasteiger partial charge in [-0.3, -0.25) is 0 Å². The van der Waals surface area contributed by atoms with Crippen molar-refractivity contribution in [2.45, 2.75) is 125 Å². The average Bonchev–Trinajstić information content (AvgIpc) is 3.95. The molecule has 2 unspecified atom stereocenters. The average molecular weight is 997 g/mol. The second-order valence-corrected chi connectivity index (χ2v) is 34.4. The molecule has 6 N–H and O–H groups in total. The summed E-state index contributed by atoms with van der Waals surface area (Å²) in [4.78, 5) is 41.0. The van der Waals surface area contributed by atoms with Gasteiger partial charge in [0, 0.05) is 41.9 Å². The summed E-state index contributed by atoms with van der Waals surface area (Å²) in [5, 5.41) is 44.1. The number of esters is 1. The fourth-order valence-electron chi connectivity index (χ4n) is 7.16. The number of fused-ring (bicyclic) bond motifs is 2. The molecule has 4 aromatic rings. The third-order valence-corrected chi connectivity index (χ3v) is 17.5. The predicted molar refractivity (Wildman–Crippen MR) is 242 cm³/mol. The number of hydrogen-bond donors (Lipinski definition) is 5. The molecule has 0 aliphatic heterocycles. The zero-order valence-corrected chi connectivity index (χ0v) is 44.2. The van der Waals surface area contributed by atoms with Gasteiger partial charge < -0.3 is 45.6 Å². The van der Waals surface area contributed by atoms with Gasteiger partial charge in [0.25, 0.3) is 0 Å². The summed E-state index contributed by atoms with van der Waals surface area (Å²) in [5.41, 5.74) is 0.448. The van der Waals surface area contributed by atoms with E-state index >= 15 is 0 Å². The quantitative estimate of drug-likeness (QED) is 0.0467. The van der Waals surface area contributed by atoms with Crippen LogP contribution in [0.1, 0.15) is 46.7 Å². The van der Waals surface area contributed by atoms with E-state index in [0.717, 1.165) is 24.6 Å². The number of aromatic nitrogens is 8. The number of aliphatic hydroxyl groups excluding tert-OH is 2. The Morgan fingerprint density at radius 1 is 0.708 bits per heavy atom. The Labute approximate surface area is 402 Å². The second-order valence-electron chi connectivity index (χ2n) is 18.5. The number of aliphatic hydroxyl groups is 2. The molecule has 0 bridgehead atoms. The number of carboxylic acids is 1. The summed E-state index contributed by atoms with van der Waals surface area (Å²) in [6, 6.07) is 0.810.